The molecule has 0 aromatic rings. The molecule has 0 saturated carbocycles. The van der Waals surface area contributed by atoms with Crippen molar-refractivity contribution in [3.63, 3.8) is 0 Å². The number of carbonyl (C=O) groups is 2. The van der Waals surface area contributed by atoms with Crippen LogP contribution in [-0.4, -0.2) is 78.7 Å². The predicted octanol–water partition coefficient (Wildman–Crippen LogP) is -10.2. The zero-order valence-corrected chi connectivity index (χ0v) is 15.8. The molecule has 0 spiro atoms. The molecule has 1 rings (SSSR count). The normalized spacial score (nSPS) is 30.9. The third-order valence-electron chi connectivity index (χ3n) is 3.34. The number of rotatable bonds is 6. The molecular formula is C13H26Cl2N2O8. The van der Waals surface area contributed by atoms with Crippen molar-refractivity contribution in [2.45, 2.75) is 56.6 Å². The van der Waals surface area contributed by atoms with Crippen molar-refractivity contribution < 1.29 is 75.0 Å². The molecule has 1 heterocycles. The molecule has 0 aliphatic carbocycles. The highest BCUT2D eigenvalue weighted by molar-refractivity contribution is 5.74. The van der Waals surface area contributed by atoms with Gasteiger partial charge in [0.25, 0.3) is 0 Å². The van der Waals surface area contributed by atoms with Gasteiger partial charge in [0, 0.05) is 7.11 Å². The standard InChI is InChI=1S/C13H24N2O8.2ClH/c1-5(14)11(18)22-9-8(17)7(4-16)21-13(20-3)10(9)23-12(19)6(2)15;;/h5-10,13,16-17H,4,14-15H2,1-3H3;2*1H/t5-,6-,7+,8+,9-,10+,13+;;/m0../s1. The highest BCUT2D eigenvalue weighted by atomic mass is 35.5. The number of quaternary nitrogens is 2. The zero-order chi connectivity index (χ0) is 17.7. The van der Waals surface area contributed by atoms with E-state index in [1.807, 2.05) is 0 Å². The third kappa shape index (κ3) is 6.83. The molecule has 1 fully saturated rings. The van der Waals surface area contributed by atoms with Crippen molar-refractivity contribution in [1.82, 2.24) is 0 Å². The van der Waals surface area contributed by atoms with E-state index in [0.29, 0.717) is 0 Å². The van der Waals surface area contributed by atoms with Crippen LogP contribution in [0.5, 0.6) is 0 Å². The van der Waals surface area contributed by atoms with Gasteiger partial charge in [-0.3, -0.25) is 0 Å². The number of ether oxygens (including phenoxy) is 4. The van der Waals surface area contributed by atoms with Gasteiger partial charge in [0.2, 0.25) is 0 Å². The van der Waals surface area contributed by atoms with Crippen LogP contribution in [-0.2, 0) is 28.5 Å². The minimum Gasteiger partial charge on any atom is -1.00 e. The van der Waals surface area contributed by atoms with Crippen LogP contribution in [0, 0.1) is 0 Å². The number of esters is 2. The lowest BCUT2D eigenvalue weighted by molar-refractivity contribution is -0.409. The molecule has 0 amide bonds. The summed E-state index contributed by atoms with van der Waals surface area (Å²) in [6.45, 7) is 2.52. The molecule has 1 saturated heterocycles. The average Bonchev–Trinajstić information content (AvgIpc) is 2.50. The van der Waals surface area contributed by atoms with Crippen molar-refractivity contribution >= 4 is 11.9 Å². The number of hydrogen-bond donors (Lipinski definition) is 4. The minimum atomic E-state index is -1.40. The van der Waals surface area contributed by atoms with Gasteiger partial charge >= 0.3 is 11.9 Å². The van der Waals surface area contributed by atoms with E-state index in [2.05, 4.69) is 11.5 Å². The van der Waals surface area contributed by atoms with Gasteiger partial charge in [-0.2, -0.15) is 0 Å². The van der Waals surface area contributed by atoms with Crippen molar-refractivity contribution in [2.75, 3.05) is 13.7 Å². The molecule has 8 N–H and O–H groups in total. The van der Waals surface area contributed by atoms with Crippen molar-refractivity contribution in [3.8, 4) is 0 Å². The Balaban J connectivity index is 0. The highest BCUT2D eigenvalue weighted by Gasteiger charge is 2.50. The Morgan fingerprint density at radius 1 is 1.08 bits per heavy atom. The van der Waals surface area contributed by atoms with Crippen molar-refractivity contribution in [2.24, 2.45) is 0 Å². The van der Waals surface area contributed by atoms with Crippen molar-refractivity contribution in [3.05, 3.63) is 0 Å². The fourth-order valence-corrected chi connectivity index (χ4v) is 1.99. The summed E-state index contributed by atoms with van der Waals surface area (Å²) in [6.07, 6.45) is -6.02. The van der Waals surface area contributed by atoms with E-state index in [1.54, 1.807) is 0 Å². The lowest BCUT2D eigenvalue weighted by Gasteiger charge is -2.42. The quantitative estimate of drug-likeness (QED) is 0.314. The zero-order valence-electron chi connectivity index (χ0n) is 14.3. The summed E-state index contributed by atoms with van der Waals surface area (Å²) in [7, 11) is 1.30. The fraction of sp³-hybridized carbons (Fsp3) is 0.846. The van der Waals surface area contributed by atoms with Crippen LogP contribution < -0.4 is 36.3 Å². The largest absolute Gasteiger partial charge is 1.00 e. The maximum Gasteiger partial charge on any atom is 0.365 e. The summed E-state index contributed by atoms with van der Waals surface area (Å²) in [6, 6.07) is -1.37. The predicted molar refractivity (Wildman–Crippen MR) is 73.2 cm³/mol. The first-order valence-electron chi connectivity index (χ1n) is 7.27. The van der Waals surface area contributed by atoms with E-state index >= 15 is 0 Å². The van der Waals surface area contributed by atoms with Gasteiger partial charge in [0.05, 0.1) is 6.61 Å². The topological polar surface area (TPSA) is 167 Å². The molecular weight excluding hydrogens is 383 g/mol. The molecule has 1 aliphatic rings. The molecule has 25 heavy (non-hydrogen) atoms. The summed E-state index contributed by atoms with van der Waals surface area (Å²) in [5.41, 5.74) is 7.08. The molecule has 150 valence electrons. The maximum absolute atomic E-state index is 11.8. The van der Waals surface area contributed by atoms with Crippen LogP contribution in [0.1, 0.15) is 13.8 Å². The highest BCUT2D eigenvalue weighted by Crippen LogP contribution is 2.27. The molecule has 0 bridgehead atoms. The average molecular weight is 409 g/mol. The number of aliphatic hydroxyl groups is 2. The summed E-state index contributed by atoms with van der Waals surface area (Å²) < 4.78 is 20.8. The number of carbonyl (C=O) groups excluding carboxylic acids is 2. The number of aliphatic hydroxyl groups excluding tert-OH is 2. The van der Waals surface area contributed by atoms with Gasteiger partial charge in [-0.15, -0.1) is 0 Å². The fourth-order valence-electron chi connectivity index (χ4n) is 1.99. The van der Waals surface area contributed by atoms with Gasteiger partial charge < -0.3 is 65.4 Å². The van der Waals surface area contributed by atoms with E-state index in [9.17, 15) is 19.8 Å². The van der Waals surface area contributed by atoms with Crippen LogP contribution in [0.2, 0.25) is 0 Å². The monoisotopic (exact) mass is 408 g/mol. The van der Waals surface area contributed by atoms with Crippen LogP contribution in [0.3, 0.4) is 0 Å². The van der Waals surface area contributed by atoms with Gasteiger partial charge in [-0.1, -0.05) is 0 Å². The molecule has 0 unspecified atom stereocenters. The van der Waals surface area contributed by atoms with Gasteiger partial charge in [0.15, 0.2) is 30.6 Å². The van der Waals surface area contributed by atoms with Crippen LogP contribution in [0.4, 0.5) is 0 Å². The Morgan fingerprint density at radius 3 is 1.88 bits per heavy atom. The minimum absolute atomic E-state index is 0. The van der Waals surface area contributed by atoms with Crippen LogP contribution in [0.25, 0.3) is 0 Å². The summed E-state index contributed by atoms with van der Waals surface area (Å²) in [5, 5.41) is 19.5. The molecule has 10 nitrogen and oxygen atoms in total. The number of hydrogen-bond acceptors (Lipinski definition) is 8. The van der Waals surface area contributed by atoms with Crippen LogP contribution in [0.15, 0.2) is 0 Å². The molecule has 0 radical (unpaired) electrons. The maximum atomic E-state index is 11.8. The first-order valence-corrected chi connectivity index (χ1v) is 7.27. The summed E-state index contributed by atoms with van der Waals surface area (Å²) in [5.74, 6) is -1.36. The smallest absolute Gasteiger partial charge is 0.365 e. The van der Waals surface area contributed by atoms with E-state index in [0.717, 1.165) is 0 Å². The van der Waals surface area contributed by atoms with Gasteiger partial charge in [-0.25, -0.2) is 9.59 Å². The summed E-state index contributed by atoms with van der Waals surface area (Å²) >= 11 is 0. The second kappa shape index (κ2) is 11.8. The Labute approximate surface area is 157 Å². The lowest BCUT2D eigenvalue weighted by Crippen LogP contribution is -3.00. The van der Waals surface area contributed by atoms with E-state index in [4.69, 9.17) is 18.9 Å². The van der Waals surface area contributed by atoms with E-state index < -0.39 is 61.3 Å². The molecule has 0 aromatic carbocycles. The molecule has 12 heteroatoms. The van der Waals surface area contributed by atoms with E-state index in [-0.39, 0.29) is 24.8 Å². The number of halogens is 2. The first kappa shape index (κ1) is 26.5. The second-order valence-corrected chi connectivity index (χ2v) is 5.56. The SMILES string of the molecule is CO[C@@H]1O[C@H](CO)[C@@H](O)[C@H](OC(=O)[C@H](C)[NH3+])[C@H]1OC(=O)[C@H](C)[NH3+].[Cl-].[Cl-]. The van der Waals surface area contributed by atoms with Gasteiger partial charge in [0.1, 0.15) is 12.2 Å². The second-order valence-electron chi connectivity index (χ2n) is 5.56. The Kier molecular flexibility index (Phi) is 12.5. The molecule has 0 aromatic heterocycles. The van der Waals surface area contributed by atoms with Crippen LogP contribution >= 0.6 is 0 Å². The Bertz CT molecular complexity index is 427. The Morgan fingerprint density at radius 2 is 1.52 bits per heavy atom. The third-order valence-corrected chi connectivity index (χ3v) is 3.34. The number of methoxy groups -OCH3 is 1. The van der Waals surface area contributed by atoms with Crippen molar-refractivity contribution in [1.29, 1.82) is 0 Å². The molecule has 7 atom stereocenters. The lowest BCUT2D eigenvalue weighted by atomic mass is 9.98. The Hall–Kier alpha value is -0.720. The molecule has 1 aliphatic heterocycles. The summed E-state index contributed by atoms with van der Waals surface area (Å²) in [4.78, 5) is 23.6. The van der Waals surface area contributed by atoms with Gasteiger partial charge in [-0.05, 0) is 13.8 Å². The first-order chi connectivity index (χ1) is 10.7. The van der Waals surface area contributed by atoms with E-state index in [1.165, 1.54) is 21.0 Å².